The highest BCUT2D eigenvalue weighted by Gasteiger charge is 2.21. The van der Waals surface area contributed by atoms with Gasteiger partial charge >= 0.3 is 0 Å². The molecule has 21 heavy (non-hydrogen) atoms. The summed E-state index contributed by atoms with van der Waals surface area (Å²) in [6, 6.07) is 7.00. The largest absolute Gasteiger partial charge is 0.340 e. The van der Waals surface area contributed by atoms with Gasteiger partial charge in [0.05, 0.1) is 0 Å². The Morgan fingerprint density at radius 2 is 2.29 bits per heavy atom. The molecule has 1 fully saturated rings. The van der Waals surface area contributed by atoms with Crippen molar-refractivity contribution in [3.8, 4) is 0 Å². The van der Waals surface area contributed by atoms with E-state index < -0.39 is 0 Å². The van der Waals surface area contributed by atoms with Gasteiger partial charge in [-0.1, -0.05) is 19.1 Å². The molecule has 1 aliphatic rings. The Kier molecular flexibility index (Phi) is 7.12. The summed E-state index contributed by atoms with van der Waals surface area (Å²) >= 11 is 0. The topological polar surface area (TPSA) is 32.3 Å². The maximum atomic E-state index is 13.1. The standard InChI is InChI=1S/C16H23FN2O.ClH/c1-12(8-14-4-3-5-15(17)10-14)9-16(20)19-7-6-18-13(2)11-19;/h3-5,10,12-13,18H,6-9,11H2,1-2H3;1H. The van der Waals surface area contributed by atoms with Gasteiger partial charge in [0.15, 0.2) is 0 Å². The summed E-state index contributed by atoms with van der Waals surface area (Å²) in [5.41, 5.74) is 0.957. The lowest BCUT2D eigenvalue weighted by Crippen LogP contribution is -2.51. The summed E-state index contributed by atoms with van der Waals surface area (Å²) in [6.45, 7) is 6.58. The summed E-state index contributed by atoms with van der Waals surface area (Å²) in [6.07, 6.45) is 1.27. The monoisotopic (exact) mass is 314 g/mol. The molecule has 1 N–H and O–H groups in total. The van der Waals surface area contributed by atoms with E-state index in [2.05, 4.69) is 19.2 Å². The fraction of sp³-hybridized carbons (Fsp3) is 0.562. The molecule has 1 aromatic rings. The van der Waals surface area contributed by atoms with Crippen molar-refractivity contribution in [3.63, 3.8) is 0 Å². The number of amides is 1. The number of hydrogen-bond donors (Lipinski definition) is 1. The van der Waals surface area contributed by atoms with Crippen LogP contribution in [0.1, 0.15) is 25.8 Å². The molecule has 1 saturated heterocycles. The lowest BCUT2D eigenvalue weighted by atomic mass is 9.97. The second-order valence-electron chi connectivity index (χ2n) is 5.84. The molecule has 0 aromatic heterocycles. The molecule has 2 atom stereocenters. The molecule has 1 heterocycles. The van der Waals surface area contributed by atoms with Crippen molar-refractivity contribution in [1.29, 1.82) is 0 Å². The quantitative estimate of drug-likeness (QED) is 0.926. The van der Waals surface area contributed by atoms with Gasteiger partial charge in [0.1, 0.15) is 5.82 Å². The number of nitrogens with zero attached hydrogens (tertiary/aromatic N) is 1. The molecule has 2 rings (SSSR count). The highest BCUT2D eigenvalue weighted by atomic mass is 35.5. The van der Waals surface area contributed by atoms with Gasteiger partial charge in [-0.2, -0.15) is 0 Å². The predicted molar refractivity (Wildman–Crippen MR) is 85.2 cm³/mol. The molecule has 1 aliphatic heterocycles. The third-order valence-corrected chi connectivity index (χ3v) is 3.72. The van der Waals surface area contributed by atoms with E-state index in [1.807, 2.05) is 11.0 Å². The first-order valence-electron chi connectivity index (χ1n) is 7.30. The number of halogens is 2. The zero-order valence-corrected chi connectivity index (χ0v) is 13.5. The Morgan fingerprint density at radius 3 is 2.95 bits per heavy atom. The summed E-state index contributed by atoms with van der Waals surface area (Å²) in [5.74, 6) is 0.230. The summed E-state index contributed by atoms with van der Waals surface area (Å²) in [7, 11) is 0. The van der Waals surface area contributed by atoms with E-state index in [-0.39, 0.29) is 30.0 Å². The molecule has 0 spiro atoms. The van der Waals surface area contributed by atoms with E-state index in [0.717, 1.165) is 31.6 Å². The Bertz CT molecular complexity index is 469. The molecular formula is C16H24ClFN2O. The zero-order valence-electron chi connectivity index (χ0n) is 12.6. The van der Waals surface area contributed by atoms with Crippen LogP contribution < -0.4 is 5.32 Å². The number of rotatable bonds is 4. The van der Waals surface area contributed by atoms with Crippen molar-refractivity contribution in [2.24, 2.45) is 5.92 Å². The first kappa shape index (κ1) is 17.9. The highest BCUT2D eigenvalue weighted by Crippen LogP contribution is 2.15. The fourth-order valence-electron chi connectivity index (χ4n) is 2.72. The van der Waals surface area contributed by atoms with Crippen LogP contribution in [0.25, 0.3) is 0 Å². The first-order chi connectivity index (χ1) is 9.54. The SMILES string of the molecule is CC(CC(=O)N1CCNC(C)C1)Cc1cccc(F)c1.Cl. The van der Waals surface area contributed by atoms with Gasteiger partial charge in [-0.3, -0.25) is 4.79 Å². The highest BCUT2D eigenvalue weighted by molar-refractivity contribution is 5.85. The van der Waals surface area contributed by atoms with Crippen molar-refractivity contribution in [3.05, 3.63) is 35.6 Å². The second-order valence-corrected chi connectivity index (χ2v) is 5.84. The maximum Gasteiger partial charge on any atom is 0.222 e. The molecule has 1 amide bonds. The average molecular weight is 315 g/mol. The van der Waals surface area contributed by atoms with Crippen molar-refractivity contribution < 1.29 is 9.18 Å². The summed E-state index contributed by atoms with van der Waals surface area (Å²) in [5, 5.41) is 3.33. The van der Waals surface area contributed by atoms with Gasteiger partial charge in [-0.15, -0.1) is 12.4 Å². The van der Waals surface area contributed by atoms with Crippen LogP contribution in [0.15, 0.2) is 24.3 Å². The number of benzene rings is 1. The number of carbonyl (C=O) groups excluding carboxylic acids is 1. The van der Waals surface area contributed by atoms with Crippen LogP contribution in [0.4, 0.5) is 4.39 Å². The van der Waals surface area contributed by atoms with E-state index in [4.69, 9.17) is 0 Å². The van der Waals surface area contributed by atoms with Crippen LogP contribution in [0.3, 0.4) is 0 Å². The van der Waals surface area contributed by atoms with Crippen LogP contribution in [-0.2, 0) is 11.2 Å². The Hall–Kier alpha value is -1.13. The predicted octanol–water partition coefficient (Wildman–Crippen LogP) is 2.64. The van der Waals surface area contributed by atoms with Crippen LogP contribution >= 0.6 is 12.4 Å². The number of nitrogens with one attached hydrogen (secondary N) is 1. The maximum absolute atomic E-state index is 13.1. The Balaban J connectivity index is 0.00000220. The first-order valence-corrected chi connectivity index (χ1v) is 7.30. The molecule has 0 bridgehead atoms. The molecule has 2 unspecified atom stereocenters. The molecule has 118 valence electrons. The fourth-order valence-corrected chi connectivity index (χ4v) is 2.72. The van der Waals surface area contributed by atoms with E-state index >= 15 is 0 Å². The minimum atomic E-state index is -0.211. The van der Waals surface area contributed by atoms with Crippen molar-refractivity contribution in [1.82, 2.24) is 10.2 Å². The minimum absolute atomic E-state index is 0. The third-order valence-electron chi connectivity index (χ3n) is 3.72. The molecule has 1 aromatic carbocycles. The minimum Gasteiger partial charge on any atom is -0.340 e. The van der Waals surface area contributed by atoms with Gasteiger partial charge in [0, 0.05) is 32.1 Å². The molecule has 5 heteroatoms. The molecule has 3 nitrogen and oxygen atoms in total. The van der Waals surface area contributed by atoms with Crippen LogP contribution in [0.2, 0.25) is 0 Å². The molecule has 0 saturated carbocycles. The van der Waals surface area contributed by atoms with Gasteiger partial charge in [0.2, 0.25) is 5.91 Å². The normalized spacial score (nSPS) is 19.8. The van der Waals surface area contributed by atoms with Crippen molar-refractivity contribution >= 4 is 18.3 Å². The van der Waals surface area contributed by atoms with Crippen molar-refractivity contribution in [2.45, 2.75) is 32.7 Å². The molecular weight excluding hydrogens is 291 g/mol. The smallest absolute Gasteiger partial charge is 0.222 e. The van der Waals surface area contributed by atoms with Gasteiger partial charge in [-0.05, 0) is 37.0 Å². The van der Waals surface area contributed by atoms with Gasteiger partial charge < -0.3 is 10.2 Å². The van der Waals surface area contributed by atoms with Gasteiger partial charge in [-0.25, -0.2) is 4.39 Å². The van der Waals surface area contributed by atoms with Crippen molar-refractivity contribution in [2.75, 3.05) is 19.6 Å². The number of carbonyl (C=O) groups is 1. The second kappa shape index (κ2) is 8.35. The van der Waals surface area contributed by atoms with Crippen LogP contribution in [0, 0.1) is 11.7 Å². The van der Waals surface area contributed by atoms with E-state index in [1.54, 1.807) is 12.1 Å². The zero-order chi connectivity index (χ0) is 14.5. The summed E-state index contributed by atoms with van der Waals surface area (Å²) < 4.78 is 13.1. The molecule has 0 radical (unpaired) electrons. The average Bonchev–Trinajstić information content (AvgIpc) is 2.38. The number of piperazine rings is 1. The van der Waals surface area contributed by atoms with E-state index in [9.17, 15) is 9.18 Å². The molecule has 0 aliphatic carbocycles. The van der Waals surface area contributed by atoms with Gasteiger partial charge in [0.25, 0.3) is 0 Å². The summed E-state index contributed by atoms with van der Waals surface area (Å²) in [4.78, 5) is 14.2. The van der Waals surface area contributed by atoms with Crippen LogP contribution in [0.5, 0.6) is 0 Å². The van der Waals surface area contributed by atoms with E-state index in [1.165, 1.54) is 6.07 Å². The third kappa shape index (κ3) is 5.64. The lowest BCUT2D eigenvalue weighted by molar-refractivity contribution is -0.133. The van der Waals surface area contributed by atoms with Crippen LogP contribution in [-0.4, -0.2) is 36.5 Å². The van der Waals surface area contributed by atoms with E-state index in [0.29, 0.717) is 12.5 Å². The lowest BCUT2D eigenvalue weighted by Gasteiger charge is -2.32. The number of hydrogen-bond acceptors (Lipinski definition) is 2. The Morgan fingerprint density at radius 1 is 1.52 bits per heavy atom. The Labute approximate surface area is 132 Å².